The molecular formula is C24H26N6O4. The molecule has 1 aliphatic heterocycles. The number of amides is 1. The molecule has 3 aromatic rings. The first-order valence-corrected chi connectivity index (χ1v) is 10.5. The Morgan fingerprint density at radius 3 is 2.65 bits per heavy atom. The van der Waals surface area contributed by atoms with Crippen LogP contribution >= 0.6 is 0 Å². The fraction of sp³-hybridized carbons (Fsp3) is 0.208. The Kier molecular flexibility index (Phi) is 8.11. The second-order valence-electron chi connectivity index (χ2n) is 7.36. The average molecular weight is 463 g/mol. The molecule has 34 heavy (non-hydrogen) atoms. The molecule has 0 aliphatic carbocycles. The fourth-order valence-electron chi connectivity index (χ4n) is 3.29. The molecule has 0 radical (unpaired) electrons. The summed E-state index contributed by atoms with van der Waals surface area (Å²) in [5, 5.41) is 16.2. The van der Waals surface area contributed by atoms with Gasteiger partial charge in [-0.15, -0.1) is 0 Å². The Balaban J connectivity index is 0.00000103. The number of hydrogen-bond acceptors (Lipinski definition) is 8. The van der Waals surface area contributed by atoms with E-state index in [1.807, 2.05) is 50.3 Å². The Bertz CT molecular complexity index is 1190. The summed E-state index contributed by atoms with van der Waals surface area (Å²) in [5.41, 5.74) is 4.19. The van der Waals surface area contributed by atoms with E-state index in [4.69, 9.17) is 14.6 Å². The molecule has 0 fully saturated rings. The van der Waals surface area contributed by atoms with Crippen LogP contribution in [0.2, 0.25) is 0 Å². The van der Waals surface area contributed by atoms with Crippen LogP contribution in [0.3, 0.4) is 0 Å². The zero-order valence-corrected chi connectivity index (χ0v) is 19.1. The van der Waals surface area contributed by atoms with Gasteiger partial charge in [-0.05, 0) is 62.2 Å². The molecule has 2 aromatic heterocycles. The lowest BCUT2D eigenvalue weighted by atomic mass is 10.1. The number of rotatable bonds is 5. The molecule has 1 amide bonds. The lowest BCUT2D eigenvalue weighted by Crippen LogP contribution is -2.20. The summed E-state index contributed by atoms with van der Waals surface area (Å²) in [6, 6.07) is 9.62. The van der Waals surface area contributed by atoms with Crippen LogP contribution in [-0.4, -0.2) is 46.0 Å². The second kappa shape index (κ2) is 11.4. The predicted molar refractivity (Wildman–Crippen MR) is 129 cm³/mol. The molecule has 3 heterocycles. The number of carboxylic acid groups (broad SMARTS) is 1. The third-order valence-electron chi connectivity index (χ3n) is 4.96. The van der Waals surface area contributed by atoms with E-state index in [0.29, 0.717) is 35.9 Å². The molecule has 1 aliphatic rings. The van der Waals surface area contributed by atoms with Crippen molar-refractivity contribution in [2.75, 3.05) is 24.2 Å². The van der Waals surface area contributed by atoms with Gasteiger partial charge in [0.1, 0.15) is 29.5 Å². The van der Waals surface area contributed by atoms with Crippen LogP contribution < -0.4 is 20.7 Å². The maximum absolute atomic E-state index is 12.2. The summed E-state index contributed by atoms with van der Waals surface area (Å²) in [5.74, 6) is 2.65. The van der Waals surface area contributed by atoms with Gasteiger partial charge in [0.05, 0.1) is 11.8 Å². The maximum atomic E-state index is 12.2. The number of carbonyl (C=O) groups excluding carboxylic acids is 1. The molecule has 176 valence electrons. The molecule has 0 spiro atoms. The van der Waals surface area contributed by atoms with Gasteiger partial charge in [-0.3, -0.25) is 14.6 Å². The van der Waals surface area contributed by atoms with Gasteiger partial charge in [0.2, 0.25) is 5.91 Å². The normalized spacial score (nSPS) is 11.9. The number of nitrogens with zero attached hydrogens (tertiary/aromatic N) is 3. The second-order valence-corrected chi connectivity index (χ2v) is 7.36. The lowest BCUT2D eigenvalue weighted by molar-refractivity contribution is -0.123. The van der Waals surface area contributed by atoms with Crippen LogP contribution in [0.4, 0.5) is 17.3 Å². The van der Waals surface area contributed by atoms with Crippen LogP contribution in [0.5, 0.6) is 11.5 Å². The quantitative estimate of drug-likeness (QED) is 0.418. The lowest BCUT2D eigenvalue weighted by Gasteiger charge is -2.14. The van der Waals surface area contributed by atoms with Gasteiger partial charge >= 0.3 is 0 Å². The van der Waals surface area contributed by atoms with Crippen molar-refractivity contribution < 1.29 is 19.4 Å². The summed E-state index contributed by atoms with van der Waals surface area (Å²) in [6.45, 7) is 4.29. The zero-order chi connectivity index (χ0) is 24.5. The van der Waals surface area contributed by atoms with Gasteiger partial charge in [0, 0.05) is 30.5 Å². The molecule has 10 nitrogen and oxygen atoms in total. The monoisotopic (exact) mass is 462 g/mol. The summed E-state index contributed by atoms with van der Waals surface area (Å²) in [6.07, 6.45) is 5.65. The van der Waals surface area contributed by atoms with E-state index >= 15 is 0 Å². The standard InChI is InChI=1S/C23H24N6O2.CH2O2/c1-14-10-17(5-7-20(14)31-18-6-4-15(2)26-12-18)29-22-19-11-16(23(30)24-3)8-9-25-21(19)27-13-28-22;2-1-3/h4-7,10-13H,8-9H2,1-3H3,(H,24,30)(H2,25,27,28,29);1H,(H,2,3). The molecule has 0 unspecified atom stereocenters. The molecule has 0 atom stereocenters. The summed E-state index contributed by atoms with van der Waals surface area (Å²) < 4.78 is 5.95. The van der Waals surface area contributed by atoms with Crippen molar-refractivity contribution in [3.05, 3.63) is 65.2 Å². The average Bonchev–Trinajstić information content (AvgIpc) is 3.06. The van der Waals surface area contributed by atoms with Crippen molar-refractivity contribution >= 4 is 35.8 Å². The predicted octanol–water partition coefficient (Wildman–Crippen LogP) is 3.67. The molecule has 10 heteroatoms. The molecule has 0 bridgehead atoms. The minimum atomic E-state index is -0.250. The summed E-state index contributed by atoms with van der Waals surface area (Å²) in [4.78, 5) is 33.5. The number of hydrogen-bond donors (Lipinski definition) is 4. The van der Waals surface area contributed by atoms with E-state index in [9.17, 15) is 4.79 Å². The number of pyridine rings is 1. The van der Waals surface area contributed by atoms with Gasteiger partial charge in [-0.2, -0.15) is 0 Å². The van der Waals surface area contributed by atoms with Crippen LogP contribution in [-0.2, 0) is 9.59 Å². The van der Waals surface area contributed by atoms with Crippen molar-refractivity contribution in [2.24, 2.45) is 0 Å². The number of likely N-dealkylation sites (N-methyl/N-ethyl adjacent to an activating group) is 1. The number of ether oxygens (including phenoxy) is 1. The third kappa shape index (κ3) is 6.06. The van der Waals surface area contributed by atoms with Gasteiger partial charge < -0.3 is 25.8 Å². The first kappa shape index (κ1) is 24.2. The van der Waals surface area contributed by atoms with Crippen molar-refractivity contribution in [2.45, 2.75) is 20.3 Å². The molecule has 0 saturated heterocycles. The maximum Gasteiger partial charge on any atom is 0.290 e. The third-order valence-corrected chi connectivity index (χ3v) is 4.96. The fourth-order valence-corrected chi connectivity index (χ4v) is 3.29. The Morgan fingerprint density at radius 1 is 1.18 bits per heavy atom. The summed E-state index contributed by atoms with van der Waals surface area (Å²) >= 11 is 0. The minimum Gasteiger partial charge on any atom is -0.483 e. The minimum absolute atomic E-state index is 0.104. The number of benzene rings is 1. The van der Waals surface area contributed by atoms with Gasteiger partial charge in [0.25, 0.3) is 6.47 Å². The first-order valence-electron chi connectivity index (χ1n) is 10.5. The Labute approximate surface area is 197 Å². The molecule has 4 rings (SSSR count). The Hall–Kier alpha value is -4.47. The van der Waals surface area contributed by atoms with Crippen LogP contribution in [0, 0.1) is 13.8 Å². The number of aromatic nitrogens is 3. The van der Waals surface area contributed by atoms with Gasteiger partial charge in [0.15, 0.2) is 0 Å². The number of fused-ring (bicyclic) bond motifs is 1. The highest BCUT2D eigenvalue weighted by molar-refractivity contribution is 5.99. The highest BCUT2D eigenvalue weighted by atomic mass is 16.5. The van der Waals surface area contributed by atoms with Crippen LogP contribution in [0.25, 0.3) is 6.08 Å². The van der Waals surface area contributed by atoms with Crippen molar-refractivity contribution in [3.8, 4) is 11.5 Å². The highest BCUT2D eigenvalue weighted by Crippen LogP contribution is 2.31. The van der Waals surface area contributed by atoms with E-state index in [0.717, 1.165) is 28.3 Å². The van der Waals surface area contributed by atoms with Gasteiger partial charge in [-0.1, -0.05) is 0 Å². The smallest absolute Gasteiger partial charge is 0.290 e. The SMILES string of the molecule is CNC(=O)C1=Cc2c(ncnc2Nc2ccc(Oc3ccc(C)nc3)c(C)c2)NCC1.O=CO. The molecular weight excluding hydrogens is 436 g/mol. The summed E-state index contributed by atoms with van der Waals surface area (Å²) in [7, 11) is 1.63. The number of nitrogens with one attached hydrogen (secondary N) is 3. The number of aryl methyl sites for hydroxylation is 2. The van der Waals surface area contributed by atoms with E-state index in [2.05, 4.69) is 30.9 Å². The van der Waals surface area contributed by atoms with Gasteiger partial charge in [-0.25, -0.2) is 9.97 Å². The van der Waals surface area contributed by atoms with Crippen molar-refractivity contribution in [3.63, 3.8) is 0 Å². The number of anilines is 3. The first-order chi connectivity index (χ1) is 16.4. The highest BCUT2D eigenvalue weighted by Gasteiger charge is 2.17. The van der Waals surface area contributed by atoms with Crippen molar-refractivity contribution in [1.29, 1.82) is 0 Å². The van der Waals surface area contributed by atoms with Crippen LogP contribution in [0.15, 0.2) is 48.4 Å². The Morgan fingerprint density at radius 2 is 1.97 bits per heavy atom. The van der Waals surface area contributed by atoms with E-state index in [1.165, 1.54) is 6.33 Å². The number of carbonyl (C=O) groups is 2. The molecule has 0 saturated carbocycles. The topological polar surface area (TPSA) is 138 Å². The zero-order valence-electron chi connectivity index (χ0n) is 19.1. The van der Waals surface area contributed by atoms with Crippen LogP contribution in [0.1, 0.15) is 23.2 Å². The van der Waals surface area contributed by atoms with Crippen molar-refractivity contribution in [1.82, 2.24) is 20.3 Å². The molecule has 4 N–H and O–H groups in total. The van der Waals surface area contributed by atoms with E-state index in [1.54, 1.807) is 13.2 Å². The van der Waals surface area contributed by atoms with E-state index < -0.39 is 0 Å². The van der Waals surface area contributed by atoms with E-state index in [-0.39, 0.29) is 12.4 Å². The molecule has 1 aromatic carbocycles. The largest absolute Gasteiger partial charge is 0.483 e.